The highest BCUT2D eigenvalue weighted by atomic mass is 16.8. The van der Waals surface area contributed by atoms with Crippen molar-refractivity contribution in [1.29, 1.82) is 0 Å². The molecule has 0 spiro atoms. The number of ether oxygens (including phenoxy) is 3. The predicted octanol–water partition coefficient (Wildman–Crippen LogP) is 4.82. The molecule has 0 radical (unpaired) electrons. The van der Waals surface area contributed by atoms with Gasteiger partial charge in [-0.25, -0.2) is 0 Å². The van der Waals surface area contributed by atoms with Gasteiger partial charge in [0.05, 0.1) is 6.61 Å². The molecule has 0 aromatic heterocycles. The molecule has 2 unspecified atom stereocenters. The van der Waals surface area contributed by atoms with E-state index in [4.69, 9.17) is 14.2 Å². The van der Waals surface area contributed by atoms with E-state index in [1.807, 2.05) is 0 Å². The second-order valence-electron chi connectivity index (χ2n) is 9.07. The van der Waals surface area contributed by atoms with Crippen molar-refractivity contribution in [2.45, 2.75) is 64.3 Å². The molecule has 0 N–H and O–H groups in total. The van der Waals surface area contributed by atoms with E-state index in [-0.39, 0.29) is 11.9 Å². The topological polar surface area (TPSA) is 34.2 Å². The van der Waals surface area contributed by atoms with Crippen LogP contribution < -0.4 is 9.64 Å². The Morgan fingerprint density at radius 2 is 1.80 bits per heavy atom. The highest BCUT2D eigenvalue weighted by Gasteiger charge is 2.46. The Bertz CT molecular complexity index is 693. The molecule has 2 atom stereocenters. The zero-order chi connectivity index (χ0) is 21.0. The van der Waals surface area contributed by atoms with Crippen molar-refractivity contribution < 1.29 is 14.2 Å². The normalized spacial score (nSPS) is 28.0. The largest absolute Gasteiger partial charge is 0.491 e. The maximum atomic E-state index is 6.44. The van der Waals surface area contributed by atoms with E-state index in [0.717, 1.165) is 44.0 Å². The van der Waals surface area contributed by atoms with Gasteiger partial charge in [-0.15, -0.1) is 0 Å². The van der Waals surface area contributed by atoms with E-state index in [1.165, 1.54) is 37.8 Å². The Morgan fingerprint density at radius 1 is 1.10 bits per heavy atom. The first-order chi connectivity index (χ1) is 14.6. The summed E-state index contributed by atoms with van der Waals surface area (Å²) in [5.41, 5.74) is 2.42. The fourth-order valence-corrected chi connectivity index (χ4v) is 5.19. The minimum atomic E-state index is -0.385. The minimum Gasteiger partial charge on any atom is -0.491 e. The Morgan fingerprint density at radius 3 is 2.43 bits per heavy atom. The molecule has 5 nitrogen and oxygen atoms in total. The number of hydrogen-bond acceptors (Lipinski definition) is 5. The molecule has 2 aliphatic heterocycles. The summed E-state index contributed by atoms with van der Waals surface area (Å²) in [6.07, 6.45) is 7.34. The van der Waals surface area contributed by atoms with Crippen molar-refractivity contribution in [2.24, 2.45) is 5.92 Å². The molecule has 1 aromatic rings. The fraction of sp³-hybridized carbons (Fsp3) is 0.680. The van der Waals surface area contributed by atoms with Crippen molar-refractivity contribution >= 4 is 5.69 Å². The van der Waals surface area contributed by atoms with Gasteiger partial charge >= 0.3 is 0 Å². The monoisotopic (exact) mass is 414 g/mol. The number of benzene rings is 1. The zero-order valence-corrected chi connectivity index (χ0v) is 18.8. The first-order valence-corrected chi connectivity index (χ1v) is 11.8. The smallest absolute Gasteiger partial charge is 0.171 e. The second-order valence-corrected chi connectivity index (χ2v) is 9.07. The van der Waals surface area contributed by atoms with E-state index in [0.29, 0.717) is 19.1 Å². The summed E-state index contributed by atoms with van der Waals surface area (Å²) in [7, 11) is 0. The maximum absolute atomic E-state index is 6.44. The third kappa shape index (κ3) is 4.78. The van der Waals surface area contributed by atoms with Crippen molar-refractivity contribution in [1.82, 2.24) is 4.90 Å². The molecule has 0 bridgehead atoms. The van der Waals surface area contributed by atoms with Crippen LogP contribution in [0.3, 0.4) is 0 Å². The van der Waals surface area contributed by atoms with Crippen LogP contribution in [0.5, 0.6) is 5.75 Å². The first kappa shape index (κ1) is 21.5. The summed E-state index contributed by atoms with van der Waals surface area (Å²) in [4.78, 5) is 4.78. The number of rotatable bonds is 7. The van der Waals surface area contributed by atoms with Gasteiger partial charge in [0.15, 0.2) is 5.79 Å². The fourth-order valence-electron chi connectivity index (χ4n) is 5.19. The van der Waals surface area contributed by atoms with Crippen molar-refractivity contribution in [2.75, 3.05) is 44.3 Å². The van der Waals surface area contributed by atoms with Gasteiger partial charge in [-0.3, -0.25) is 0 Å². The third-order valence-electron chi connectivity index (χ3n) is 7.06. The number of nitrogens with zero attached hydrogens (tertiary/aromatic N) is 2. The molecule has 0 amide bonds. The lowest BCUT2D eigenvalue weighted by atomic mass is 9.82. The molecule has 2 saturated heterocycles. The number of allylic oxidation sites excluding steroid dienone is 1. The van der Waals surface area contributed by atoms with E-state index in [2.05, 4.69) is 54.5 Å². The van der Waals surface area contributed by atoms with Crippen LogP contribution in [0.15, 0.2) is 36.5 Å². The molecule has 5 heteroatoms. The van der Waals surface area contributed by atoms with Gasteiger partial charge in [0.1, 0.15) is 18.5 Å². The molecule has 3 fully saturated rings. The van der Waals surface area contributed by atoms with Crippen molar-refractivity contribution in [3.8, 4) is 5.75 Å². The van der Waals surface area contributed by atoms with Crippen LogP contribution in [0, 0.1) is 5.92 Å². The summed E-state index contributed by atoms with van der Waals surface area (Å²) in [5, 5.41) is 0. The van der Waals surface area contributed by atoms with Gasteiger partial charge in [-0.05, 0) is 50.5 Å². The van der Waals surface area contributed by atoms with Gasteiger partial charge < -0.3 is 24.0 Å². The van der Waals surface area contributed by atoms with E-state index < -0.39 is 0 Å². The molecule has 166 valence electrons. The van der Waals surface area contributed by atoms with Gasteiger partial charge in [0.25, 0.3) is 0 Å². The molecular weight excluding hydrogens is 376 g/mol. The van der Waals surface area contributed by atoms with Crippen LogP contribution in [0.25, 0.3) is 0 Å². The summed E-state index contributed by atoms with van der Waals surface area (Å²) < 4.78 is 18.7. The summed E-state index contributed by atoms with van der Waals surface area (Å²) in [5.74, 6) is 1.05. The quantitative estimate of drug-likeness (QED) is 0.639. The predicted molar refractivity (Wildman–Crippen MR) is 121 cm³/mol. The van der Waals surface area contributed by atoms with E-state index in [1.54, 1.807) is 0 Å². The SMILES string of the molecule is C=C(C)N1CCN(c2ccc(OCC3COC(CC)(C4CCCCC4)O3)cc2)CC1. The summed E-state index contributed by atoms with van der Waals surface area (Å²) in [6.45, 7) is 13.6. The Balaban J connectivity index is 1.26. The molecular formula is C25H38N2O3. The van der Waals surface area contributed by atoms with Gasteiger partial charge in [0.2, 0.25) is 0 Å². The molecule has 1 saturated carbocycles. The Labute approximate surface area is 182 Å². The lowest BCUT2D eigenvalue weighted by Crippen LogP contribution is -2.45. The lowest BCUT2D eigenvalue weighted by Gasteiger charge is -2.37. The highest BCUT2D eigenvalue weighted by molar-refractivity contribution is 5.49. The van der Waals surface area contributed by atoms with Crippen LogP contribution in [-0.4, -0.2) is 56.2 Å². The van der Waals surface area contributed by atoms with E-state index in [9.17, 15) is 0 Å². The zero-order valence-electron chi connectivity index (χ0n) is 18.8. The van der Waals surface area contributed by atoms with Crippen LogP contribution >= 0.6 is 0 Å². The van der Waals surface area contributed by atoms with Crippen LogP contribution in [0.4, 0.5) is 5.69 Å². The van der Waals surface area contributed by atoms with Gasteiger partial charge in [-0.2, -0.15) is 0 Å². The molecule has 3 aliphatic rings. The standard InChI is InChI=1S/C25H38N2O3/c1-4-25(21-8-6-5-7-9-21)29-19-24(30-25)18-28-23-12-10-22(11-13-23)27-16-14-26(15-17-27)20(2)3/h10-13,21,24H,2,4-9,14-19H2,1,3H3. The summed E-state index contributed by atoms with van der Waals surface area (Å²) in [6, 6.07) is 8.47. The molecule has 1 aromatic carbocycles. The minimum absolute atomic E-state index is 0.0155. The second kappa shape index (κ2) is 9.61. The van der Waals surface area contributed by atoms with E-state index >= 15 is 0 Å². The Hall–Kier alpha value is -1.72. The van der Waals surface area contributed by atoms with Crippen LogP contribution in [-0.2, 0) is 9.47 Å². The van der Waals surface area contributed by atoms with Crippen LogP contribution in [0.2, 0.25) is 0 Å². The van der Waals surface area contributed by atoms with Gasteiger partial charge in [0, 0.05) is 43.5 Å². The average Bonchev–Trinajstić information content (AvgIpc) is 3.23. The first-order valence-electron chi connectivity index (χ1n) is 11.8. The number of piperazine rings is 1. The molecule has 30 heavy (non-hydrogen) atoms. The molecule has 4 rings (SSSR count). The molecule has 2 heterocycles. The number of anilines is 1. The van der Waals surface area contributed by atoms with Crippen LogP contribution in [0.1, 0.15) is 52.4 Å². The maximum Gasteiger partial charge on any atom is 0.171 e. The van der Waals surface area contributed by atoms with Gasteiger partial charge in [-0.1, -0.05) is 32.8 Å². The molecule has 1 aliphatic carbocycles. The third-order valence-corrected chi connectivity index (χ3v) is 7.06. The Kier molecular flexibility index (Phi) is 6.89. The van der Waals surface area contributed by atoms with Crippen molar-refractivity contribution in [3.05, 3.63) is 36.5 Å². The average molecular weight is 415 g/mol. The summed E-state index contributed by atoms with van der Waals surface area (Å²) >= 11 is 0. The lowest BCUT2D eigenvalue weighted by molar-refractivity contribution is -0.214. The highest BCUT2D eigenvalue weighted by Crippen LogP contribution is 2.42. The number of hydrogen-bond donors (Lipinski definition) is 0. The van der Waals surface area contributed by atoms with Crippen molar-refractivity contribution in [3.63, 3.8) is 0 Å².